The number of nitriles is 1. The number of non-ortho nitro benzene ring substituents is 1. The van der Waals surface area contributed by atoms with Gasteiger partial charge in [0.05, 0.1) is 15.5 Å². The third kappa shape index (κ3) is 4.04. The zero-order valence-corrected chi connectivity index (χ0v) is 12.1. The molecule has 22 heavy (non-hydrogen) atoms. The number of rotatable bonds is 5. The Hall–Kier alpha value is -2.92. The van der Waals surface area contributed by atoms with Crippen LogP contribution in [0, 0.1) is 21.4 Å². The van der Waals surface area contributed by atoms with Crippen molar-refractivity contribution < 1.29 is 19.2 Å². The van der Waals surface area contributed by atoms with Crippen molar-refractivity contribution in [3.63, 3.8) is 0 Å². The van der Waals surface area contributed by atoms with Gasteiger partial charge in [0.1, 0.15) is 11.6 Å². The molecule has 0 saturated carbocycles. The van der Waals surface area contributed by atoms with Gasteiger partial charge in [-0.2, -0.15) is 5.26 Å². The second-order valence-corrected chi connectivity index (χ2v) is 4.50. The van der Waals surface area contributed by atoms with Gasteiger partial charge >= 0.3 is 5.97 Å². The van der Waals surface area contributed by atoms with E-state index in [1.165, 1.54) is 6.92 Å². The molecule has 0 amide bonds. The molecule has 1 aromatic rings. The number of hydrogen-bond acceptors (Lipinski definition) is 7. The number of nitro groups is 1. The van der Waals surface area contributed by atoms with Gasteiger partial charge in [-0.05, 0) is 13.0 Å². The summed E-state index contributed by atoms with van der Waals surface area (Å²) in [6.07, 6.45) is 0. The third-order valence-electron chi connectivity index (χ3n) is 2.50. The topological polar surface area (TPSA) is 136 Å². The molecule has 0 aliphatic heterocycles. The van der Waals surface area contributed by atoms with Crippen LogP contribution in [0.2, 0.25) is 5.02 Å². The highest BCUT2D eigenvalue weighted by Crippen LogP contribution is 2.23. The first-order valence-corrected chi connectivity index (χ1v) is 6.16. The van der Waals surface area contributed by atoms with Crippen LogP contribution in [-0.4, -0.2) is 23.3 Å². The molecule has 9 heteroatoms. The Morgan fingerprint density at radius 2 is 2.14 bits per heavy atom. The van der Waals surface area contributed by atoms with E-state index < -0.39 is 23.3 Å². The molecular formula is C13H10ClN3O5. The summed E-state index contributed by atoms with van der Waals surface area (Å²) in [5.41, 5.74) is 4.64. The summed E-state index contributed by atoms with van der Waals surface area (Å²) < 4.78 is 4.72. The molecule has 0 spiro atoms. The maximum Gasteiger partial charge on any atom is 0.340 e. The highest BCUT2D eigenvalue weighted by molar-refractivity contribution is 6.33. The minimum absolute atomic E-state index is 0.0110. The second-order valence-electron chi connectivity index (χ2n) is 4.09. The van der Waals surface area contributed by atoms with Gasteiger partial charge in [0.2, 0.25) is 5.78 Å². The predicted octanol–water partition coefficient (Wildman–Crippen LogP) is 1.73. The smallest absolute Gasteiger partial charge is 0.340 e. The number of allylic oxidation sites excluding steroid dienone is 1. The van der Waals surface area contributed by atoms with Crippen LogP contribution in [0.15, 0.2) is 29.5 Å². The summed E-state index contributed by atoms with van der Waals surface area (Å²) >= 11 is 5.75. The molecule has 0 radical (unpaired) electrons. The first-order valence-electron chi connectivity index (χ1n) is 5.78. The van der Waals surface area contributed by atoms with Crippen molar-refractivity contribution in [2.45, 2.75) is 6.92 Å². The Morgan fingerprint density at radius 3 is 2.59 bits per heavy atom. The summed E-state index contributed by atoms with van der Waals surface area (Å²) in [6.45, 7) is 0.676. The molecule has 114 valence electrons. The standard InChI is InChI=1S/C13H10ClN3O5/c1-7(16)10(5-15)12(18)6-22-13(19)9-3-2-8(17(20)21)4-11(9)14/h2-4H,6,16H2,1H3/b10-7-. The van der Waals surface area contributed by atoms with E-state index in [2.05, 4.69) is 0 Å². The largest absolute Gasteiger partial charge is 0.454 e. The average Bonchev–Trinajstić information content (AvgIpc) is 2.44. The maximum atomic E-state index is 11.8. The Balaban J connectivity index is 2.83. The molecule has 1 rings (SSSR count). The summed E-state index contributed by atoms with van der Waals surface area (Å²) in [5.74, 6) is -1.70. The molecule has 8 nitrogen and oxygen atoms in total. The Kier molecular flexibility index (Phi) is 5.60. The lowest BCUT2D eigenvalue weighted by molar-refractivity contribution is -0.384. The number of ketones is 1. The number of benzene rings is 1. The number of carbonyl (C=O) groups is 2. The highest BCUT2D eigenvalue weighted by Gasteiger charge is 2.19. The number of Topliss-reactive ketones (excluding diaryl/α,β-unsaturated/α-hetero) is 1. The third-order valence-corrected chi connectivity index (χ3v) is 2.82. The number of halogens is 1. The number of ether oxygens (including phenoxy) is 1. The lowest BCUT2D eigenvalue weighted by atomic mass is 10.1. The lowest BCUT2D eigenvalue weighted by Crippen LogP contribution is -2.17. The van der Waals surface area contributed by atoms with Crippen LogP contribution in [-0.2, 0) is 9.53 Å². The molecule has 0 saturated heterocycles. The number of carbonyl (C=O) groups excluding carboxylic acids is 2. The van der Waals surface area contributed by atoms with Gasteiger partial charge in [0, 0.05) is 17.8 Å². The molecule has 0 fully saturated rings. The number of nitrogens with two attached hydrogens (primary N) is 1. The summed E-state index contributed by atoms with van der Waals surface area (Å²) in [4.78, 5) is 33.3. The molecule has 0 atom stereocenters. The molecule has 0 aromatic heterocycles. The van der Waals surface area contributed by atoms with Crippen molar-refractivity contribution in [3.8, 4) is 6.07 Å². The van der Waals surface area contributed by atoms with Crippen LogP contribution in [0.1, 0.15) is 17.3 Å². The summed E-state index contributed by atoms with van der Waals surface area (Å²) in [5, 5.41) is 19.1. The molecular weight excluding hydrogens is 314 g/mol. The predicted molar refractivity (Wildman–Crippen MR) is 75.9 cm³/mol. The van der Waals surface area contributed by atoms with Crippen LogP contribution < -0.4 is 5.73 Å². The number of nitrogens with zero attached hydrogens (tertiary/aromatic N) is 2. The normalized spacial score (nSPS) is 11.1. The average molecular weight is 324 g/mol. The van der Waals surface area contributed by atoms with E-state index >= 15 is 0 Å². The molecule has 0 heterocycles. The highest BCUT2D eigenvalue weighted by atomic mass is 35.5. The summed E-state index contributed by atoms with van der Waals surface area (Å²) in [6, 6.07) is 4.79. The fraction of sp³-hybridized carbons (Fsp3) is 0.154. The SMILES string of the molecule is C/C(N)=C(\C#N)C(=O)COC(=O)c1ccc([N+](=O)[O-])cc1Cl. The molecule has 1 aromatic carbocycles. The zero-order chi connectivity index (χ0) is 16.9. The van der Waals surface area contributed by atoms with Crippen molar-refractivity contribution in [1.82, 2.24) is 0 Å². The minimum atomic E-state index is -0.944. The molecule has 0 bridgehead atoms. The van der Waals surface area contributed by atoms with Crippen LogP contribution in [0.25, 0.3) is 0 Å². The van der Waals surface area contributed by atoms with E-state index in [1.807, 2.05) is 0 Å². The van der Waals surface area contributed by atoms with Gasteiger partial charge in [-0.15, -0.1) is 0 Å². The second kappa shape index (κ2) is 7.19. The number of hydrogen-bond donors (Lipinski definition) is 1. The minimum Gasteiger partial charge on any atom is -0.454 e. The van der Waals surface area contributed by atoms with Crippen molar-refractivity contribution in [2.24, 2.45) is 5.73 Å². The molecule has 0 aliphatic rings. The lowest BCUT2D eigenvalue weighted by Gasteiger charge is -2.06. The Bertz CT molecular complexity index is 717. The van der Waals surface area contributed by atoms with Crippen molar-refractivity contribution in [2.75, 3.05) is 6.61 Å². The van der Waals surface area contributed by atoms with Gasteiger partial charge in [-0.3, -0.25) is 14.9 Å². The van der Waals surface area contributed by atoms with Gasteiger partial charge in [-0.1, -0.05) is 11.6 Å². The van der Waals surface area contributed by atoms with Crippen molar-refractivity contribution in [3.05, 3.63) is 50.2 Å². The van der Waals surface area contributed by atoms with E-state index in [1.54, 1.807) is 6.07 Å². The fourth-order valence-electron chi connectivity index (χ4n) is 1.43. The van der Waals surface area contributed by atoms with Crippen molar-refractivity contribution in [1.29, 1.82) is 5.26 Å². The van der Waals surface area contributed by atoms with Crippen LogP contribution in [0.5, 0.6) is 0 Å². The first kappa shape index (κ1) is 17.1. The monoisotopic (exact) mass is 323 g/mol. The van der Waals surface area contributed by atoms with E-state index in [9.17, 15) is 19.7 Å². The van der Waals surface area contributed by atoms with Gasteiger partial charge in [0.15, 0.2) is 6.61 Å². The number of esters is 1. The van der Waals surface area contributed by atoms with E-state index in [0.29, 0.717) is 0 Å². The Labute approximate surface area is 129 Å². The van der Waals surface area contributed by atoms with Gasteiger partial charge < -0.3 is 10.5 Å². The summed E-state index contributed by atoms with van der Waals surface area (Å²) in [7, 11) is 0. The van der Waals surface area contributed by atoms with Crippen molar-refractivity contribution >= 4 is 29.0 Å². The quantitative estimate of drug-likeness (QED) is 0.286. The van der Waals surface area contributed by atoms with Crippen LogP contribution >= 0.6 is 11.6 Å². The molecule has 0 unspecified atom stereocenters. The zero-order valence-electron chi connectivity index (χ0n) is 11.3. The van der Waals surface area contributed by atoms with Gasteiger partial charge in [-0.25, -0.2) is 4.79 Å². The van der Waals surface area contributed by atoms with E-state index in [0.717, 1.165) is 18.2 Å². The first-order chi connectivity index (χ1) is 10.3. The molecule has 2 N–H and O–H groups in total. The van der Waals surface area contributed by atoms with E-state index in [4.69, 9.17) is 27.3 Å². The number of nitro benzene ring substituents is 1. The maximum absolute atomic E-state index is 11.8. The van der Waals surface area contributed by atoms with Crippen LogP contribution in [0.3, 0.4) is 0 Å². The fourth-order valence-corrected chi connectivity index (χ4v) is 1.69. The molecule has 0 aliphatic carbocycles. The van der Waals surface area contributed by atoms with Gasteiger partial charge in [0.25, 0.3) is 5.69 Å². The Morgan fingerprint density at radius 1 is 1.50 bits per heavy atom. The van der Waals surface area contributed by atoms with Crippen LogP contribution in [0.4, 0.5) is 5.69 Å². The van der Waals surface area contributed by atoms with E-state index in [-0.39, 0.29) is 27.5 Å².